The van der Waals surface area contributed by atoms with Crippen LogP contribution in [0.5, 0.6) is 5.75 Å². The summed E-state index contributed by atoms with van der Waals surface area (Å²) in [5.74, 6) is 0.948. The summed E-state index contributed by atoms with van der Waals surface area (Å²) < 4.78 is 5.47. The Kier molecular flexibility index (Phi) is 2.82. The Hall–Kier alpha value is -1.22. The zero-order chi connectivity index (χ0) is 10.8. The number of hydrogen-bond donors (Lipinski definition) is 2. The van der Waals surface area contributed by atoms with E-state index in [-0.39, 0.29) is 6.04 Å². The van der Waals surface area contributed by atoms with Gasteiger partial charge in [0.1, 0.15) is 5.75 Å². The zero-order valence-corrected chi connectivity index (χ0v) is 9.29. The van der Waals surface area contributed by atoms with Crippen molar-refractivity contribution in [3.8, 4) is 5.75 Å². The van der Waals surface area contributed by atoms with Crippen LogP contribution in [0, 0.1) is 0 Å². The van der Waals surface area contributed by atoms with Gasteiger partial charge in [0.2, 0.25) is 0 Å². The van der Waals surface area contributed by atoms with Crippen molar-refractivity contribution in [2.45, 2.75) is 32.4 Å². The minimum absolute atomic E-state index is 0.174. The van der Waals surface area contributed by atoms with E-state index in [1.807, 2.05) is 19.9 Å². The molecule has 0 spiro atoms. The summed E-state index contributed by atoms with van der Waals surface area (Å²) >= 11 is 0. The van der Waals surface area contributed by atoms with Crippen molar-refractivity contribution in [1.29, 1.82) is 0 Å². The molecule has 0 amide bonds. The molecule has 2 unspecified atom stereocenters. The Morgan fingerprint density at radius 2 is 2.40 bits per heavy atom. The normalized spacial score (nSPS) is 20.6. The number of nitrogens with one attached hydrogen (secondary N) is 1. The van der Waals surface area contributed by atoms with Crippen LogP contribution in [-0.2, 0) is 6.42 Å². The number of ether oxygens (including phenoxy) is 1. The molecule has 0 aromatic heterocycles. The van der Waals surface area contributed by atoms with Crippen LogP contribution >= 0.6 is 0 Å². The van der Waals surface area contributed by atoms with Gasteiger partial charge in [0.25, 0.3) is 0 Å². The minimum Gasteiger partial charge on any atom is -0.494 e. The Bertz CT molecular complexity index is 349. The molecule has 15 heavy (non-hydrogen) atoms. The van der Waals surface area contributed by atoms with Gasteiger partial charge in [-0.3, -0.25) is 0 Å². The summed E-state index contributed by atoms with van der Waals surface area (Å²) in [5, 5.41) is 3.42. The summed E-state index contributed by atoms with van der Waals surface area (Å²) in [5.41, 5.74) is 8.38. The van der Waals surface area contributed by atoms with Gasteiger partial charge in [0, 0.05) is 17.8 Å². The molecule has 0 aliphatic carbocycles. The highest BCUT2D eigenvalue weighted by atomic mass is 16.5. The molecule has 82 valence electrons. The lowest BCUT2D eigenvalue weighted by Crippen LogP contribution is -2.36. The third-order valence-corrected chi connectivity index (χ3v) is 2.80. The fourth-order valence-corrected chi connectivity index (χ4v) is 1.94. The first-order valence-electron chi connectivity index (χ1n) is 5.48. The smallest absolute Gasteiger partial charge is 0.119 e. The molecule has 3 nitrogen and oxygen atoms in total. The van der Waals surface area contributed by atoms with Crippen LogP contribution in [0.25, 0.3) is 0 Å². The Labute approximate surface area is 90.6 Å². The predicted octanol–water partition coefficient (Wildman–Crippen LogP) is 1.77. The molecule has 1 aromatic carbocycles. The van der Waals surface area contributed by atoms with Gasteiger partial charge < -0.3 is 15.8 Å². The second kappa shape index (κ2) is 4.11. The standard InChI is InChI=1S/C12H18N2O/c1-3-15-10-4-5-11-9(6-10)7-12(14-11)8(2)13/h4-6,8,12,14H,3,7,13H2,1-2H3. The maximum Gasteiger partial charge on any atom is 0.119 e. The van der Waals surface area contributed by atoms with Gasteiger partial charge in [0.15, 0.2) is 0 Å². The minimum atomic E-state index is 0.174. The summed E-state index contributed by atoms with van der Waals surface area (Å²) in [7, 11) is 0. The van der Waals surface area contributed by atoms with Crippen molar-refractivity contribution in [2.24, 2.45) is 5.73 Å². The summed E-state index contributed by atoms with van der Waals surface area (Å²) in [6, 6.07) is 6.71. The van der Waals surface area contributed by atoms with Crippen LogP contribution in [0.2, 0.25) is 0 Å². The van der Waals surface area contributed by atoms with E-state index in [1.165, 1.54) is 11.3 Å². The highest BCUT2D eigenvalue weighted by molar-refractivity contribution is 5.59. The second-order valence-electron chi connectivity index (χ2n) is 4.07. The van der Waals surface area contributed by atoms with E-state index in [0.29, 0.717) is 12.6 Å². The van der Waals surface area contributed by atoms with E-state index < -0.39 is 0 Å². The Balaban J connectivity index is 2.16. The molecule has 0 radical (unpaired) electrons. The number of hydrogen-bond acceptors (Lipinski definition) is 3. The number of benzene rings is 1. The highest BCUT2D eigenvalue weighted by Gasteiger charge is 2.23. The lowest BCUT2D eigenvalue weighted by atomic mass is 10.1. The molecule has 1 heterocycles. The van der Waals surface area contributed by atoms with E-state index in [1.54, 1.807) is 0 Å². The summed E-state index contributed by atoms with van der Waals surface area (Å²) in [4.78, 5) is 0. The molecule has 0 saturated heterocycles. The lowest BCUT2D eigenvalue weighted by molar-refractivity contribution is 0.340. The first kappa shape index (κ1) is 10.3. The molecule has 3 heteroatoms. The summed E-state index contributed by atoms with van der Waals surface area (Å²) in [6.07, 6.45) is 0.994. The molecular weight excluding hydrogens is 188 g/mol. The van der Waals surface area contributed by atoms with Gasteiger partial charge in [-0.1, -0.05) is 0 Å². The zero-order valence-electron chi connectivity index (χ0n) is 9.29. The monoisotopic (exact) mass is 206 g/mol. The largest absolute Gasteiger partial charge is 0.494 e. The topological polar surface area (TPSA) is 47.3 Å². The van der Waals surface area contributed by atoms with Crippen LogP contribution in [-0.4, -0.2) is 18.7 Å². The van der Waals surface area contributed by atoms with Gasteiger partial charge in [0.05, 0.1) is 6.61 Å². The van der Waals surface area contributed by atoms with Crippen molar-refractivity contribution in [2.75, 3.05) is 11.9 Å². The molecule has 2 rings (SSSR count). The van der Waals surface area contributed by atoms with Crippen LogP contribution in [0.15, 0.2) is 18.2 Å². The van der Waals surface area contributed by atoms with E-state index in [9.17, 15) is 0 Å². The van der Waals surface area contributed by atoms with Crippen molar-refractivity contribution in [1.82, 2.24) is 0 Å². The first-order chi connectivity index (χ1) is 7.20. The number of rotatable bonds is 3. The first-order valence-corrected chi connectivity index (χ1v) is 5.48. The average Bonchev–Trinajstić information content (AvgIpc) is 2.61. The van der Waals surface area contributed by atoms with E-state index in [0.717, 1.165) is 12.2 Å². The van der Waals surface area contributed by atoms with Crippen LogP contribution in [0.4, 0.5) is 5.69 Å². The quantitative estimate of drug-likeness (QED) is 0.792. The van der Waals surface area contributed by atoms with Crippen LogP contribution < -0.4 is 15.8 Å². The Morgan fingerprint density at radius 3 is 3.07 bits per heavy atom. The lowest BCUT2D eigenvalue weighted by Gasteiger charge is -2.14. The van der Waals surface area contributed by atoms with E-state index in [4.69, 9.17) is 10.5 Å². The number of nitrogens with two attached hydrogens (primary N) is 1. The van der Waals surface area contributed by atoms with Crippen molar-refractivity contribution < 1.29 is 4.74 Å². The SMILES string of the molecule is CCOc1ccc2c(c1)CC(C(C)N)N2. The second-order valence-corrected chi connectivity index (χ2v) is 4.07. The Morgan fingerprint density at radius 1 is 1.60 bits per heavy atom. The van der Waals surface area contributed by atoms with Crippen molar-refractivity contribution in [3.63, 3.8) is 0 Å². The van der Waals surface area contributed by atoms with E-state index >= 15 is 0 Å². The third-order valence-electron chi connectivity index (χ3n) is 2.80. The molecule has 1 aromatic rings. The summed E-state index contributed by atoms with van der Waals surface area (Å²) in [6.45, 7) is 4.74. The van der Waals surface area contributed by atoms with Gasteiger partial charge in [-0.2, -0.15) is 0 Å². The number of fused-ring (bicyclic) bond motifs is 1. The molecule has 1 aliphatic rings. The molecular formula is C12H18N2O. The molecule has 2 atom stereocenters. The molecule has 0 bridgehead atoms. The molecule has 1 aliphatic heterocycles. The molecule has 0 saturated carbocycles. The highest BCUT2D eigenvalue weighted by Crippen LogP contribution is 2.30. The van der Waals surface area contributed by atoms with Crippen LogP contribution in [0.1, 0.15) is 19.4 Å². The van der Waals surface area contributed by atoms with Crippen LogP contribution in [0.3, 0.4) is 0 Å². The molecule has 3 N–H and O–H groups in total. The predicted molar refractivity (Wildman–Crippen MR) is 62.4 cm³/mol. The molecule has 0 fully saturated rings. The van der Waals surface area contributed by atoms with Gasteiger partial charge in [-0.15, -0.1) is 0 Å². The maximum atomic E-state index is 5.88. The average molecular weight is 206 g/mol. The van der Waals surface area contributed by atoms with Gasteiger partial charge in [-0.05, 0) is 44.0 Å². The van der Waals surface area contributed by atoms with Crippen molar-refractivity contribution in [3.05, 3.63) is 23.8 Å². The fraction of sp³-hybridized carbons (Fsp3) is 0.500. The maximum absolute atomic E-state index is 5.88. The number of anilines is 1. The third kappa shape index (κ3) is 2.07. The van der Waals surface area contributed by atoms with Crippen molar-refractivity contribution >= 4 is 5.69 Å². The fourth-order valence-electron chi connectivity index (χ4n) is 1.94. The van der Waals surface area contributed by atoms with Gasteiger partial charge in [-0.25, -0.2) is 0 Å². The van der Waals surface area contributed by atoms with Gasteiger partial charge >= 0.3 is 0 Å². The van der Waals surface area contributed by atoms with E-state index in [2.05, 4.69) is 17.4 Å².